The number of benzene rings is 1. The molecule has 0 fully saturated rings. The topological polar surface area (TPSA) is 101 Å². The average Bonchev–Trinajstić information content (AvgIpc) is 2.02. The van der Waals surface area contributed by atoms with Gasteiger partial charge in [0.1, 0.15) is 5.56 Å². The van der Waals surface area contributed by atoms with E-state index in [1.54, 1.807) is 0 Å². The number of hydrogen-bond acceptors (Lipinski definition) is 4. The van der Waals surface area contributed by atoms with Gasteiger partial charge in [0.25, 0.3) is 0 Å². The normalized spacial score (nSPS) is 9.79. The van der Waals surface area contributed by atoms with Crippen molar-refractivity contribution in [1.82, 2.24) is 0 Å². The maximum Gasteiger partial charge on any atom is 0.341 e. The van der Waals surface area contributed by atoms with Gasteiger partial charge in [0.15, 0.2) is 0 Å². The van der Waals surface area contributed by atoms with Gasteiger partial charge in [-0.15, -0.1) is 0 Å². The molecule has 1 rings (SSSR count). The highest BCUT2D eigenvalue weighted by atomic mass is 35.5. The molecule has 6 nitrogen and oxygen atoms in total. The number of halogens is 1. The number of nitro groups is 1. The molecular weight excluding hydrogens is 214 g/mol. The molecule has 0 aliphatic heterocycles. The Kier molecular flexibility index (Phi) is 2.57. The molecule has 0 radical (unpaired) electrons. The number of aromatic carboxylic acids is 1. The molecule has 0 unspecified atom stereocenters. The second-order valence-corrected chi connectivity index (χ2v) is 2.76. The van der Waals surface area contributed by atoms with Gasteiger partial charge in [-0.05, 0) is 6.07 Å². The number of carboxylic acids is 1. The van der Waals surface area contributed by atoms with Crippen molar-refractivity contribution < 1.29 is 19.9 Å². The average molecular weight is 218 g/mol. The van der Waals surface area contributed by atoms with E-state index >= 15 is 0 Å². The molecule has 1 aromatic rings. The molecule has 0 bridgehead atoms. The van der Waals surface area contributed by atoms with Crippen LogP contribution in [0.4, 0.5) is 5.69 Å². The molecule has 2 N–H and O–H groups in total. The second kappa shape index (κ2) is 3.51. The number of nitrogens with zero attached hydrogens (tertiary/aromatic N) is 1. The van der Waals surface area contributed by atoms with Crippen LogP contribution >= 0.6 is 11.6 Å². The van der Waals surface area contributed by atoms with Gasteiger partial charge in [-0.2, -0.15) is 0 Å². The molecule has 14 heavy (non-hydrogen) atoms. The van der Waals surface area contributed by atoms with Crippen molar-refractivity contribution in [2.75, 3.05) is 0 Å². The molecule has 0 heterocycles. The third-order valence-electron chi connectivity index (χ3n) is 1.52. The van der Waals surface area contributed by atoms with Crippen LogP contribution in [0.15, 0.2) is 12.1 Å². The summed E-state index contributed by atoms with van der Waals surface area (Å²) in [5.74, 6) is -2.45. The Morgan fingerprint density at radius 3 is 2.50 bits per heavy atom. The Balaban J connectivity index is 3.49. The Labute approximate surface area is 82.5 Å². The molecule has 0 aromatic heterocycles. The maximum absolute atomic E-state index is 10.6. The summed E-state index contributed by atoms with van der Waals surface area (Å²) in [5, 5.41) is 27.9. The Morgan fingerprint density at radius 1 is 1.50 bits per heavy atom. The number of phenols is 1. The largest absolute Gasteiger partial charge is 0.501 e. The van der Waals surface area contributed by atoms with E-state index in [2.05, 4.69) is 0 Å². The molecule has 74 valence electrons. The fourth-order valence-electron chi connectivity index (χ4n) is 0.906. The molecular formula is C7H4ClNO5. The van der Waals surface area contributed by atoms with Gasteiger partial charge in [0, 0.05) is 6.07 Å². The summed E-state index contributed by atoms with van der Waals surface area (Å²) in [7, 11) is 0. The lowest BCUT2D eigenvalue weighted by Crippen LogP contribution is -2.00. The van der Waals surface area contributed by atoms with Crippen LogP contribution in [0, 0.1) is 10.1 Å². The van der Waals surface area contributed by atoms with Crippen LogP contribution in [0.3, 0.4) is 0 Å². The van der Waals surface area contributed by atoms with Gasteiger partial charge in [-0.3, -0.25) is 10.1 Å². The first-order chi connectivity index (χ1) is 6.45. The quantitative estimate of drug-likeness (QED) is 0.579. The summed E-state index contributed by atoms with van der Waals surface area (Å²) in [5.41, 5.74) is -1.35. The van der Waals surface area contributed by atoms with Crippen LogP contribution in [-0.4, -0.2) is 21.1 Å². The number of carbonyl (C=O) groups is 1. The van der Waals surface area contributed by atoms with Crippen LogP contribution in [0.2, 0.25) is 5.02 Å². The molecule has 0 saturated heterocycles. The van der Waals surface area contributed by atoms with E-state index in [-0.39, 0.29) is 5.02 Å². The summed E-state index contributed by atoms with van der Waals surface area (Å²) < 4.78 is 0. The standard InChI is InChI=1S/C7H4ClNO5/c8-3-1-2-4(9(13)14)6(10)5(3)7(11)12/h1-2,10H,(H,11,12). The number of aromatic hydroxyl groups is 1. The third kappa shape index (κ3) is 1.60. The summed E-state index contributed by atoms with van der Waals surface area (Å²) in [4.78, 5) is 20.0. The lowest BCUT2D eigenvalue weighted by molar-refractivity contribution is -0.385. The van der Waals surface area contributed by atoms with Gasteiger partial charge >= 0.3 is 11.7 Å². The SMILES string of the molecule is O=C(O)c1c(Cl)ccc([N+](=O)[O-])c1O. The summed E-state index contributed by atoms with van der Waals surface area (Å²) in [6, 6.07) is 1.98. The lowest BCUT2D eigenvalue weighted by Gasteiger charge is -2.01. The van der Waals surface area contributed by atoms with Crippen LogP contribution in [0.25, 0.3) is 0 Å². The van der Waals surface area contributed by atoms with Crippen LogP contribution in [-0.2, 0) is 0 Å². The van der Waals surface area contributed by atoms with E-state index in [9.17, 15) is 20.0 Å². The third-order valence-corrected chi connectivity index (χ3v) is 1.83. The molecule has 7 heteroatoms. The number of rotatable bonds is 2. The first-order valence-electron chi connectivity index (χ1n) is 3.34. The summed E-state index contributed by atoms with van der Waals surface area (Å²) in [6.45, 7) is 0. The number of nitro benzene ring substituents is 1. The van der Waals surface area contributed by atoms with Crippen LogP contribution in [0.1, 0.15) is 10.4 Å². The van der Waals surface area contributed by atoms with Gasteiger partial charge in [0.2, 0.25) is 5.75 Å². The van der Waals surface area contributed by atoms with E-state index < -0.39 is 27.9 Å². The fraction of sp³-hybridized carbons (Fsp3) is 0. The van der Waals surface area contributed by atoms with Gasteiger partial charge < -0.3 is 10.2 Å². The molecule has 0 spiro atoms. The van der Waals surface area contributed by atoms with Crippen molar-refractivity contribution in [2.24, 2.45) is 0 Å². The molecule has 0 aliphatic rings. The zero-order chi connectivity index (χ0) is 10.9. The molecule has 1 aromatic carbocycles. The Morgan fingerprint density at radius 2 is 2.07 bits per heavy atom. The molecule has 0 atom stereocenters. The van der Waals surface area contributed by atoms with Crippen LogP contribution < -0.4 is 0 Å². The number of hydrogen-bond donors (Lipinski definition) is 2. The summed E-state index contributed by atoms with van der Waals surface area (Å²) >= 11 is 5.44. The Hall–Kier alpha value is -1.82. The van der Waals surface area contributed by atoms with Crippen molar-refractivity contribution >= 4 is 23.3 Å². The van der Waals surface area contributed by atoms with Crippen molar-refractivity contribution in [2.45, 2.75) is 0 Å². The highest BCUT2D eigenvalue weighted by Gasteiger charge is 2.23. The van der Waals surface area contributed by atoms with E-state index in [4.69, 9.17) is 16.7 Å². The monoisotopic (exact) mass is 217 g/mol. The van der Waals surface area contributed by atoms with Gasteiger partial charge in [0.05, 0.1) is 9.95 Å². The summed E-state index contributed by atoms with van der Waals surface area (Å²) in [6.07, 6.45) is 0. The van der Waals surface area contributed by atoms with E-state index in [0.29, 0.717) is 0 Å². The smallest absolute Gasteiger partial charge is 0.341 e. The zero-order valence-corrected chi connectivity index (χ0v) is 7.35. The van der Waals surface area contributed by atoms with E-state index in [0.717, 1.165) is 12.1 Å². The van der Waals surface area contributed by atoms with E-state index in [1.165, 1.54) is 0 Å². The van der Waals surface area contributed by atoms with Crippen molar-refractivity contribution in [3.05, 3.63) is 32.8 Å². The highest BCUT2D eigenvalue weighted by molar-refractivity contribution is 6.34. The Bertz CT molecular complexity index is 417. The van der Waals surface area contributed by atoms with E-state index in [1.807, 2.05) is 0 Å². The van der Waals surface area contributed by atoms with Crippen molar-refractivity contribution in [3.63, 3.8) is 0 Å². The minimum Gasteiger partial charge on any atom is -0.501 e. The fourth-order valence-corrected chi connectivity index (χ4v) is 1.14. The van der Waals surface area contributed by atoms with Crippen molar-refractivity contribution in [1.29, 1.82) is 0 Å². The molecule has 0 amide bonds. The minimum absolute atomic E-state index is 0.249. The zero-order valence-electron chi connectivity index (χ0n) is 6.60. The second-order valence-electron chi connectivity index (χ2n) is 2.35. The van der Waals surface area contributed by atoms with Crippen molar-refractivity contribution in [3.8, 4) is 5.75 Å². The number of carboxylic acid groups (broad SMARTS) is 1. The minimum atomic E-state index is -1.52. The van der Waals surface area contributed by atoms with Crippen LogP contribution in [0.5, 0.6) is 5.75 Å². The predicted octanol–water partition coefficient (Wildman–Crippen LogP) is 1.65. The maximum atomic E-state index is 10.6. The molecule has 0 aliphatic carbocycles. The molecule has 0 saturated carbocycles. The highest BCUT2D eigenvalue weighted by Crippen LogP contribution is 2.34. The first-order valence-corrected chi connectivity index (χ1v) is 3.72. The van der Waals surface area contributed by atoms with Gasteiger partial charge in [-0.1, -0.05) is 11.6 Å². The predicted molar refractivity (Wildman–Crippen MR) is 46.7 cm³/mol. The first kappa shape index (κ1) is 10.3. The lowest BCUT2D eigenvalue weighted by atomic mass is 10.2. The van der Waals surface area contributed by atoms with Gasteiger partial charge in [-0.25, -0.2) is 4.79 Å².